The maximum atomic E-state index is 11.7. The highest BCUT2D eigenvalue weighted by atomic mass is 35.5. The first-order valence-electron chi connectivity index (χ1n) is 5.01. The molecule has 0 saturated heterocycles. The van der Waals surface area contributed by atoms with Gasteiger partial charge in [-0.05, 0) is 6.42 Å². The summed E-state index contributed by atoms with van der Waals surface area (Å²) in [4.78, 5) is 0. The van der Waals surface area contributed by atoms with Gasteiger partial charge < -0.3 is 5.11 Å². The molecule has 0 aliphatic carbocycles. The Labute approximate surface area is 112 Å². The highest BCUT2D eigenvalue weighted by Gasteiger charge is 2.16. The quantitative estimate of drug-likeness (QED) is 0.871. The molecule has 92 valence electrons. The van der Waals surface area contributed by atoms with Crippen LogP contribution in [0.5, 0.6) is 0 Å². The minimum Gasteiger partial charge on any atom is -0.392 e. The summed E-state index contributed by atoms with van der Waals surface area (Å²) in [6.07, 6.45) is 1.97. The normalized spacial score (nSPS) is 13.0. The summed E-state index contributed by atoms with van der Waals surface area (Å²) in [6.45, 7) is 1.91. The molecule has 0 aliphatic heterocycles. The van der Waals surface area contributed by atoms with Gasteiger partial charge in [0.15, 0.2) is 0 Å². The topological polar surface area (TPSA) is 37.3 Å². The first-order valence-corrected chi connectivity index (χ1v) is 8.07. The van der Waals surface area contributed by atoms with Crippen molar-refractivity contribution in [3.05, 3.63) is 19.8 Å². The van der Waals surface area contributed by atoms with Gasteiger partial charge in [0.1, 0.15) is 4.34 Å². The van der Waals surface area contributed by atoms with Gasteiger partial charge in [0.25, 0.3) is 0 Å². The second-order valence-electron chi connectivity index (χ2n) is 3.41. The first kappa shape index (κ1) is 14.5. The van der Waals surface area contributed by atoms with Crippen molar-refractivity contribution in [2.24, 2.45) is 0 Å². The Hall–Kier alpha value is 0.390. The zero-order chi connectivity index (χ0) is 12.1. The summed E-state index contributed by atoms with van der Waals surface area (Å²) in [5.74, 6) is 1.06. The molecule has 2 nitrogen and oxygen atoms in total. The van der Waals surface area contributed by atoms with Crippen molar-refractivity contribution in [1.29, 1.82) is 0 Å². The Kier molecular flexibility index (Phi) is 6.29. The maximum Gasteiger partial charge on any atom is 0.100 e. The number of halogens is 2. The fourth-order valence-electron chi connectivity index (χ4n) is 1.28. The van der Waals surface area contributed by atoms with E-state index in [0.29, 0.717) is 25.7 Å². The van der Waals surface area contributed by atoms with Crippen LogP contribution in [-0.4, -0.2) is 15.1 Å². The van der Waals surface area contributed by atoms with E-state index in [1.165, 1.54) is 11.3 Å². The maximum absolute atomic E-state index is 11.7. The molecule has 1 rings (SSSR count). The lowest BCUT2D eigenvalue weighted by Crippen LogP contribution is -2.02. The molecule has 0 radical (unpaired) electrons. The van der Waals surface area contributed by atoms with Crippen molar-refractivity contribution in [2.45, 2.75) is 32.1 Å². The molecule has 1 unspecified atom stereocenters. The van der Waals surface area contributed by atoms with E-state index >= 15 is 0 Å². The van der Waals surface area contributed by atoms with Crippen molar-refractivity contribution in [2.75, 3.05) is 5.75 Å². The van der Waals surface area contributed by atoms with Crippen molar-refractivity contribution < 1.29 is 9.32 Å². The van der Waals surface area contributed by atoms with Crippen molar-refractivity contribution in [1.82, 2.24) is 0 Å². The summed E-state index contributed by atoms with van der Waals surface area (Å²) >= 11 is 13.1. The smallest absolute Gasteiger partial charge is 0.100 e. The summed E-state index contributed by atoms with van der Waals surface area (Å²) in [7, 11) is -0.927. The number of aliphatic hydroxyl groups excluding tert-OH is 1. The summed E-state index contributed by atoms with van der Waals surface area (Å²) < 4.78 is 12.8. The molecule has 0 spiro atoms. The molecule has 1 aromatic heterocycles. The number of aliphatic hydroxyl groups is 1. The summed E-state index contributed by atoms with van der Waals surface area (Å²) in [6, 6.07) is 0. The minimum absolute atomic E-state index is 0.150. The van der Waals surface area contributed by atoms with E-state index in [1.54, 1.807) is 0 Å². The highest BCUT2D eigenvalue weighted by Crippen LogP contribution is 2.37. The SMILES string of the molecule is CCCCS(=O)Cc1c(Cl)sc(Cl)c1CO. The summed E-state index contributed by atoms with van der Waals surface area (Å²) in [5.41, 5.74) is 1.37. The largest absolute Gasteiger partial charge is 0.392 e. The van der Waals surface area contributed by atoms with Gasteiger partial charge in [0.2, 0.25) is 0 Å². The second-order valence-corrected chi connectivity index (χ2v) is 7.21. The first-order chi connectivity index (χ1) is 7.60. The minimum atomic E-state index is -0.927. The van der Waals surface area contributed by atoms with Gasteiger partial charge in [-0.1, -0.05) is 36.5 Å². The highest BCUT2D eigenvalue weighted by molar-refractivity contribution is 7.84. The molecular formula is C10H14Cl2O2S2. The third kappa shape index (κ3) is 3.70. The standard InChI is InChI=1S/C10H14Cl2O2S2/c1-2-3-4-16(14)6-8-7(5-13)9(11)15-10(8)12/h13H,2-6H2,1H3. The predicted octanol–water partition coefficient (Wildman–Crippen LogP) is 3.60. The zero-order valence-corrected chi connectivity index (χ0v) is 12.1. The van der Waals surface area contributed by atoms with Crippen LogP contribution in [0.4, 0.5) is 0 Å². The lowest BCUT2D eigenvalue weighted by atomic mass is 10.2. The number of thiophene rings is 1. The van der Waals surface area contributed by atoms with E-state index in [9.17, 15) is 4.21 Å². The van der Waals surface area contributed by atoms with E-state index in [4.69, 9.17) is 28.3 Å². The van der Waals surface area contributed by atoms with Gasteiger partial charge >= 0.3 is 0 Å². The van der Waals surface area contributed by atoms with Crippen LogP contribution in [0.3, 0.4) is 0 Å². The number of hydrogen-bond acceptors (Lipinski definition) is 3. The Balaban J connectivity index is 2.76. The molecule has 0 amide bonds. The second kappa shape index (κ2) is 6.97. The van der Waals surface area contributed by atoms with E-state index in [-0.39, 0.29) is 6.61 Å². The molecule has 6 heteroatoms. The average molecular weight is 301 g/mol. The molecule has 1 heterocycles. The third-order valence-corrected chi connectivity index (χ3v) is 5.33. The Morgan fingerprint density at radius 3 is 2.50 bits per heavy atom. The van der Waals surface area contributed by atoms with Gasteiger partial charge in [-0.3, -0.25) is 4.21 Å². The fraction of sp³-hybridized carbons (Fsp3) is 0.600. The third-order valence-electron chi connectivity index (χ3n) is 2.21. The molecule has 0 saturated carbocycles. The van der Waals surface area contributed by atoms with Crippen molar-refractivity contribution in [3.63, 3.8) is 0 Å². The Bertz CT molecular complexity index is 377. The van der Waals surface area contributed by atoms with Crippen molar-refractivity contribution >= 4 is 45.3 Å². The Morgan fingerprint density at radius 1 is 1.31 bits per heavy atom. The molecule has 0 aromatic carbocycles. The molecule has 1 aromatic rings. The van der Waals surface area contributed by atoms with Gasteiger partial charge in [0.05, 0.1) is 16.7 Å². The van der Waals surface area contributed by atoms with Crippen LogP contribution in [-0.2, 0) is 23.2 Å². The Morgan fingerprint density at radius 2 is 1.94 bits per heavy atom. The molecule has 16 heavy (non-hydrogen) atoms. The van der Waals surface area contributed by atoms with Gasteiger partial charge in [-0.25, -0.2) is 0 Å². The van der Waals surface area contributed by atoms with Crippen LogP contribution in [0, 0.1) is 0 Å². The van der Waals surface area contributed by atoms with E-state index in [1.807, 2.05) is 0 Å². The predicted molar refractivity (Wildman–Crippen MR) is 71.9 cm³/mol. The van der Waals surface area contributed by atoms with Crippen LogP contribution >= 0.6 is 34.5 Å². The molecular weight excluding hydrogens is 287 g/mol. The number of unbranched alkanes of at least 4 members (excludes halogenated alkanes) is 1. The molecule has 1 atom stereocenters. The van der Waals surface area contributed by atoms with Gasteiger partial charge in [-0.2, -0.15) is 0 Å². The van der Waals surface area contributed by atoms with Crippen LogP contribution in [0.2, 0.25) is 8.67 Å². The van der Waals surface area contributed by atoms with Crippen molar-refractivity contribution in [3.8, 4) is 0 Å². The monoisotopic (exact) mass is 300 g/mol. The van der Waals surface area contributed by atoms with Gasteiger partial charge in [0, 0.05) is 27.7 Å². The number of hydrogen-bond donors (Lipinski definition) is 1. The lowest BCUT2D eigenvalue weighted by molar-refractivity contribution is 0.281. The molecule has 0 aliphatic rings. The van der Waals surface area contributed by atoms with Crippen LogP contribution in [0.1, 0.15) is 30.9 Å². The summed E-state index contributed by atoms with van der Waals surface area (Å²) in [5, 5.41) is 9.17. The van der Waals surface area contributed by atoms with E-state index in [2.05, 4.69) is 6.92 Å². The zero-order valence-electron chi connectivity index (χ0n) is 8.96. The number of rotatable bonds is 6. The average Bonchev–Trinajstić information content (AvgIpc) is 2.50. The molecule has 0 bridgehead atoms. The van der Waals surface area contributed by atoms with E-state index < -0.39 is 10.8 Å². The fourth-order valence-corrected chi connectivity index (χ4v) is 4.57. The van der Waals surface area contributed by atoms with E-state index in [0.717, 1.165) is 18.4 Å². The van der Waals surface area contributed by atoms with Crippen LogP contribution in [0.25, 0.3) is 0 Å². The molecule has 0 fully saturated rings. The van der Waals surface area contributed by atoms with Crippen LogP contribution < -0.4 is 0 Å². The van der Waals surface area contributed by atoms with Gasteiger partial charge in [-0.15, -0.1) is 11.3 Å². The van der Waals surface area contributed by atoms with Crippen LogP contribution in [0.15, 0.2) is 0 Å². The molecule has 1 N–H and O–H groups in total. The lowest BCUT2D eigenvalue weighted by Gasteiger charge is -2.03.